The maximum atomic E-state index is 13.0. The van der Waals surface area contributed by atoms with Gasteiger partial charge in [-0.2, -0.15) is 0 Å². The van der Waals surface area contributed by atoms with Gasteiger partial charge < -0.3 is 9.64 Å². The third-order valence-electron chi connectivity index (χ3n) is 5.08. The lowest BCUT2D eigenvalue weighted by Gasteiger charge is -2.34. The number of carbonyl (C=O) groups excluding carboxylic acids is 2. The van der Waals surface area contributed by atoms with E-state index in [1.54, 1.807) is 37.8 Å². The van der Waals surface area contributed by atoms with Gasteiger partial charge in [0, 0.05) is 30.2 Å². The topological polar surface area (TPSA) is 89.8 Å². The summed E-state index contributed by atoms with van der Waals surface area (Å²) in [6.45, 7) is 5.54. The molecule has 3 rings (SSSR count). The van der Waals surface area contributed by atoms with E-state index in [1.807, 2.05) is 30.3 Å². The van der Waals surface area contributed by atoms with E-state index in [0.29, 0.717) is 11.3 Å². The number of ether oxygens (including phenoxy) is 1. The summed E-state index contributed by atoms with van der Waals surface area (Å²) in [6, 6.07) is 15.5. The Morgan fingerprint density at radius 2 is 1.80 bits per heavy atom. The van der Waals surface area contributed by atoms with Crippen molar-refractivity contribution in [2.45, 2.75) is 45.8 Å². The molecule has 0 aromatic heterocycles. The second-order valence-corrected chi connectivity index (χ2v) is 7.52. The second kappa shape index (κ2) is 8.90. The molecule has 30 heavy (non-hydrogen) atoms. The highest BCUT2D eigenvalue weighted by atomic mass is 16.6. The van der Waals surface area contributed by atoms with Gasteiger partial charge in [-0.15, -0.1) is 0 Å². The van der Waals surface area contributed by atoms with Gasteiger partial charge in [0.15, 0.2) is 0 Å². The fourth-order valence-corrected chi connectivity index (χ4v) is 3.62. The summed E-state index contributed by atoms with van der Waals surface area (Å²) in [5.41, 5.74) is 2.63. The molecule has 1 amide bonds. The van der Waals surface area contributed by atoms with Crippen molar-refractivity contribution < 1.29 is 19.2 Å². The van der Waals surface area contributed by atoms with Crippen LogP contribution in [0.15, 0.2) is 65.9 Å². The van der Waals surface area contributed by atoms with Gasteiger partial charge in [0.2, 0.25) is 5.91 Å². The standard InChI is InChI=1S/C23H24N2O5/c1-15(2)30-23(27)22-16(3)24(14-17-9-11-19(12-10-17)25(28)29)21(26)13-20(22)18-7-5-4-6-8-18/h4-12,15,20H,13-14H2,1-3H3. The number of hydrogen-bond acceptors (Lipinski definition) is 5. The highest BCUT2D eigenvalue weighted by Gasteiger charge is 2.37. The van der Waals surface area contributed by atoms with E-state index in [4.69, 9.17) is 4.74 Å². The Morgan fingerprint density at radius 1 is 1.17 bits per heavy atom. The molecule has 156 valence electrons. The van der Waals surface area contributed by atoms with Crippen molar-refractivity contribution in [3.63, 3.8) is 0 Å². The van der Waals surface area contributed by atoms with E-state index in [2.05, 4.69) is 0 Å². The van der Waals surface area contributed by atoms with Crippen molar-refractivity contribution in [3.05, 3.63) is 87.1 Å². The number of non-ortho nitro benzene ring substituents is 1. The fraction of sp³-hybridized carbons (Fsp3) is 0.304. The lowest BCUT2D eigenvalue weighted by atomic mass is 9.83. The number of nitrogens with zero attached hydrogens (tertiary/aromatic N) is 2. The van der Waals surface area contributed by atoms with Gasteiger partial charge in [-0.05, 0) is 31.9 Å². The predicted molar refractivity (Wildman–Crippen MR) is 111 cm³/mol. The summed E-state index contributed by atoms with van der Waals surface area (Å²) < 4.78 is 5.48. The first-order valence-electron chi connectivity index (χ1n) is 9.78. The van der Waals surface area contributed by atoms with Crippen LogP contribution in [0.5, 0.6) is 0 Å². The van der Waals surface area contributed by atoms with Crippen LogP contribution in [0.1, 0.15) is 44.2 Å². The molecule has 7 heteroatoms. The minimum absolute atomic E-state index is 0.0127. The molecule has 2 aromatic carbocycles. The zero-order valence-corrected chi connectivity index (χ0v) is 17.2. The lowest BCUT2D eigenvalue weighted by molar-refractivity contribution is -0.384. The SMILES string of the molecule is CC1=C(C(=O)OC(C)C)C(c2ccccc2)CC(=O)N1Cc1ccc([N+](=O)[O-])cc1. The number of amides is 1. The molecule has 0 radical (unpaired) electrons. The number of benzene rings is 2. The number of esters is 1. The number of nitro groups is 1. The molecule has 0 fully saturated rings. The molecule has 1 aliphatic rings. The van der Waals surface area contributed by atoms with Crippen LogP contribution < -0.4 is 0 Å². The largest absolute Gasteiger partial charge is 0.460 e. The van der Waals surface area contributed by atoms with Crippen molar-refractivity contribution >= 4 is 17.6 Å². The van der Waals surface area contributed by atoms with Gasteiger partial charge >= 0.3 is 5.97 Å². The Morgan fingerprint density at radius 3 is 2.37 bits per heavy atom. The molecule has 7 nitrogen and oxygen atoms in total. The number of nitro benzene ring substituents is 1. The third-order valence-corrected chi connectivity index (χ3v) is 5.08. The van der Waals surface area contributed by atoms with E-state index in [1.165, 1.54) is 12.1 Å². The van der Waals surface area contributed by atoms with Gasteiger partial charge in [0.05, 0.1) is 23.1 Å². The number of carbonyl (C=O) groups is 2. The molecule has 1 unspecified atom stereocenters. The van der Waals surface area contributed by atoms with Crippen LogP contribution in [0, 0.1) is 10.1 Å². The highest BCUT2D eigenvalue weighted by molar-refractivity contribution is 5.96. The summed E-state index contributed by atoms with van der Waals surface area (Å²) in [4.78, 5) is 37.9. The van der Waals surface area contributed by atoms with E-state index in [0.717, 1.165) is 11.1 Å². The minimum Gasteiger partial charge on any atom is -0.460 e. The van der Waals surface area contributed by atoms with E-state index in [9.17, 15) is 19.7 Å². The van der Waals surface area contributed by atoms with Crippen LogP contribution in [-0.4, -0.2) is 27.8 Å². The molecule has 0 saturated heterocycles. The predicted octanol–water partition coefficient (Wildman–Crippen LogP) is 4.34. The minimum atomic E-state index is -0.467. The average molecular weight is 408 g/mol. The molecule has 1 atom stereocenters. The van der Waals surface area contributed by atoms with Crippen molar-refractivity contribution in [2.24, 2.45) is 0 Å². The molecule has 0 aliphatic carbocycles. The highest BCUT2D eigenvalue weighted by Crippen LogP contribution is 2.37. The monoisotopic (exact) mass is 408 g/mol. The molecule has 1 heterocycles. The Kier molecular flexibility index (Phi) is 6.30. The summed E-state index contributed by atoms with van der Waals surface area (Å²) in [7, 11) is 0. The number of hydrogen-bond donors (Lipinski definition) is 0. The zero-order valence-electron chi connectivity index (χ0n) is 17.2. The number of allylic oxidation sites excluding steroid dienone is 1. The van der Waals surface area contributed by atoms with Gasteiger partial charge in [-0.25, -0.2) is 4.79 Å². The van der Waals surface area contributed by atoms with Crippen molar-refractivity contribution in [2.75, 3.05) is 0 Å². The molecule has 2 aromatic rings. The zero-order chi connectivity index (χ0) is 21.8. The summed E-state index contributed by atoms with van der Waals surface area (Å²) >= 11 is 0. The Hall–Kier alpha value is -3.48. The lowest BCUT2D eigenvalue weighted by Crippen LogP contribution is -2.38. The normalized spacial score (nSPS) is 16.7. The van der Waals surface area contributed by atoms with Crippen molar-refractivity contribution in [3.8, 4) is 0 Å². The molecule has 0 N–H and O–H groups in total. The van der Waals surface area contributed by atoms with Crippen molar-refractivity contribution in [1.29, 1.82) is 0 Å². The van der Waals surface area contributed by atoms with Crippen LogP contribution in [0.25, 0.3) is 0 Å². The van der Waals surface area contributed by atoms with Gasteiger partial charge in [-0.3, -0.25) is 14.9 Å². The Balaban J connectivity index is 1.98. The van der Waals surface area contributed by atoms with E-state index in [-0.39, 0.29) is 36.6 Å². The molecule has 0 saturated carbocycles. The summed E-state index contributed by atoms with van der Waals surface area (Å²) in [6.07, 6.45) is -0.133. The van der Waals surface area contributed by atoms with Crippen molar-refractivity contribution in [1.82, 2.24) is 4.90 Å². The summed E-state index contributed by atoms with van der Waals surface area (Å²) in [5, 5.41) is 10.9. The van der Waals surface area contributed by atoms with Gasteiger partial charge in [-0.1, -0.05) is 42.5 Å². The Bertz CT molecular complexity index is 980. The van der Waals surface area contributed by atoms with Crippen LogP contribution in [0.2, 0.25) is 0 Å². The second-order valence-electron chi connectivity index (χ2n) is 7.52. The first-order chi connectivity index (χ1) is 14.3. The van der Waals surface area contributed by atoms with Crippen LogP contribution in [0.3, 0.4) is 0 Å². The molecule has 0 spiro atoms. The van der Waals surface area contributed by atoms with Crippen LogP contribution in [0.4, 0.5) is 5.69 Å². The number of rotatable bonds is 6. The molecule has 0 bridgehead atoms. The molecule has 1 aliphatic heterocycles. The maximum absolute atomic E-state index is 13.0. The average Bonchev–Trinajstić information content (AvgIpc) is 2.71. The first kappa shape index (κ1) is 21.2. The van der Waals surface area contributed by atoms with E-state index >= 15 is 0 Å². The van der Waals surface area contributed by atoms with E-state index < -0.39 is 10.9 Å². The third kappa shape index (κ3) is 4.56. The van der Waals surface area contributed by atoms with Crippen LogP contribution >= 0.6 is 0 Å². The molecular formula is C23H24N2O5. The fourth-order valence-electron chi connectivity index (χ4n) is 3.62. The quantitative estimate of drug-likeness (QED) is 0.403. The van der Waals surface area contributed by atoms with Crippen LogP contribution in [-0.2, 0) is 20.9 Å². The smallest absolute Gasteiger partial charge is 0.336 e. The Labute approximate surface area is 175 Å². The maximum Gasteiger partial charge on any atom is 0.336 e. The van der Waals surface area contributed by atoms with Gasteiger partial charge in [0.1, 0.15) is 0 Å². The summed E-state index contributed by atoms with van der Waals surface area (Å²) in [5.74, 6) is -0.920. The molecular weight excluding hydrogens is 384 g/mol. The van der Waals surface area contributed by atoms with Gasteiger partial charge in [0.25, 0.3) is 5.69 Å². The first-order valence-corrected chi connectivity index (χ1v) is 9.78.